The third-order valence-electron chi connectivity index (χ3n) is 2.83. The third-order valence-corrected chi connectivity index (χ3v) is 4.45. The second-order valence-corrected chi connectivity index (χ2v) is 6.33. The molecule has 0 saturated heterocycles. The summed E-state index contributed by atoms with van der Waals surface area (Å²) in [5.41, 5.74) is 0.133. The van der Waals surface area contributed by atoms with Gasteiger partial charge in [-0.3, -0.25) is 4.79 Å². The molecule has 0 aliphatic heterocycles. The molecule has 0 unspecified atom stereocenters. The minimum Gasteiger partial charge on any atom is -0.452 e. The largest absolute Gasteiger partial charge is 0.452 e. The van der Waals surface area contributed by atoms with E-state index in [4.69, 9.17) is 27.9 Å². The first kappa shape index (κ1) is 16.8. The van der Waals surface area contributed by atoms with Crippen LogP contribution in [0.3, 0.4) is 0 Å². The molecule has 7 heteroatoms. The van der Waals surface area contributed by atoms with Gasteiger partial charge in [0.15, 0.2) is 6.61 Å². The van der Waals surface area contributed by atoms with Gasteiger partial charge in [0.1, 0.15) is 0 Å². The molecule has 116 valence electrons. The summed E-state index contributed by atoms with van der Waals surface area (Å²) in [4.78, 5) is 24.7. The molecule has 0 aliphatic carbocycles. The molecule has 1 atom stereocenters. The van der Waals surface area contributed by atoms with Crippen LogP contribution in [-0.4, -0.2) is 18.5 Å². The molecule has 1 amide bonds. The van der Waals surface area contributed by atoms with E-state index in [-0.39, 0.29) is 29.1 Å². The van der Waals surface area contributed by atoms with Gasteiger partial charge in [0.2, 0.25) is 0 Å². The Morgan fingerprint density at radius 1 is 1.32 bits per heavy atom. The van der Waals surface area contributed by atoms with E-state index in [1.54, 1.807) is 17.4 Å². The lowest BCUT2D eigenvalue weighted by atomic mass is 10.2. The fraction of sp³-hybridized carbons (Fsp3) is 0.200. The molecular formula is C15H13Cl2NO3S. The van der Waals surface area contributed by atoms with Crippen molar-refractivity contribution in [2.75, 3.05) is 6.61 Å². The zero-order chi connectivity index (χ0) is 16.1. The van der Waals surface area contributed by atoms with Crippen molar-refractivity contribution in [2.24, 2.45) is 0 Å². The number of thiophene rings is 1. The summed E-state index contributed by atoms with van der Waals surface area (Å²) in [7, 11) is 0. The molecular weight excluding hydrogens is 345 g/mol. The topological polar surface area (TPSA) is 55.4 Å². The molecule has 1 aromatic carbocycles. The first-order valence-corrected chi connectivity index (χ1v) is 8.06. The van der Waals surface area contributed by atoms with Crippen molar-refractivity contribution in [1.29, 1.82) is 0 Å². The third kappa shape index (κ3) is 4.47. The average molecular weight is 358 g/mol. The lowest BCUT2D eigenvalue weighted by molar-refractivity contribution is -0.124. The number of halogens is 2. The van der Waals surface area contributed by atoms with Crippen molar-refractivity contribution in [2.45, 2.75) is 13.0 Å². The number of carbonyl (C=O) groups excluding carboxylic acids is 2. The number of benzene rings is 1. The van der Waals surface area contributed by atoms with Gasteiger partial charge in [-0.25, -0.2) is 4.79 Å². The first-order chi connectivity index (χ1) is 10.5. The Hall–Kier alpha value is -1.56. The molecule has 0 bridgehead atoms. The predicted molar refractivity (Wildman–Crippen MR) is 87.6 cm³/mol. The van der Waals surface area contributed by atoms with E-state index in [1.807, 2.05) is 24.4 Å². The highest BCUT2D eigenvalue weighted by Gasteiger charge is 2.16. The van der Waals surface area contributed by atoms with Gasteiger partial charge < -0.3 is 10.1 Å². The van der Waals surface area contributed by atoms with Crippen LogP contribution in [0, 0.1) is 0 Å². The number of amides is 1. The maximum atomic E-state index is 11.9. The Kier molecular flexibility index (Phi) is 5.83. The van der Waals surface area contributed by atoms with Gasteiger partial charge in [-0.05, 0) is 36.6 Å². The lowest BCUT2D eigenvalue weighted by Crippen LogP contribution is -2.30. The Balaban J connectivity index is 1.88. The summed E-state index contributed by atoms with van der Waals surface area (Å²) in [5, 5.41) is 5.27. The van der Waals surface area contributed by atoms with Crippen molar-refractivity contribution in [3.63, 3.8) is 0 Å². The molecule has 0 radical (unpaired) electrons. The molecule has 0 saturated carbocycles. The van der Waals surface area contributed by atoms with E-state index in [9.17, 15) is 9.59 Å². The second-order valence-electron chi connectivity index (χ2n) is 4.50. The quantitative estimate of drug-likeness (QED) is 0.819. The summed E-state index contributed by atoms with van der Waals surface area (Å²) < 4.78 is 4.95. The van der Waals surface area contributed by atoms with Crippen LogP contribution in [0.2, 0.25) is 10.0 Å². The van der Waals surface area contributed by atoms with Crippen LogP contribution in [-0.2, 0) is 9.53 Å². The van der Waals surface area contributed by atoms with Gasteiger partial charge >= 0.3 is 5.97 Å². The van der Waals surface area contributed by atoms with Crippen LogP contribution in [0.25, 0.3) is 0 Å². The molecule has 4 nitrogen and oxygen atoms in total. The molecule has 1 aromatic heterocycles. The van der Waals surface area contributed by atoms with Gasteiger partial charge in [-0.15, -0.1) is 11.3 Å². The number of esters is 1. The average Bonchev–Trinajstić information content (AvgIpc) is 3.01. The highest BCUT2D eigenvalue weighted by atomic mass is 35.5. The van der Waals surface area contributed by atoms with Crippen molar-refractivity contribution in [1.82, 2.24) is 5.32 Å². The molecule has 2 aromatic rings. The monoisotopic (exact) mass is 357 g/mol. The zero-order valence-electron chi connectivity index (χ0n) is 11.6. The number of rotatable bonds is 5. The Morgan fingerprint density at radius 2 is 2.09 bits per heavy atom. The fourth-order valence-electron chi connectivity index (χ4n) is 1.75. The number of carbonyl (C=O) groups is 2. The van der Waals surface area contributed by atoms with Crippen LogP contribution in [0.15, 0.2) is 35.7 Å². The maximum absolute atomic E-state index is 11.9. The van der Waals surface area contributed by atoms with Gasteiger partial charge in [-0.1, -0.05) is 29.3 Å². The van der Waals surface area contributed by atoms with Crippen LogP contribution in [0.5, 0.6) is 0 Å². The molecule has 0 aliphatic rings. The van der Waals surface area contributed by atoms with Crippen LogP contribution in [0.1, 0.15) is 28.2 Å². The molecule has 2 rings (SSSR count). The first-order valence-electron chi connectivity index (χ1n) is 6.42. The Labute approximate surface area is 142 Å². The second kappa shape index (κ2) is 7.63. The Morgan fingerprint density at radius 3 is 2.77 bits per heavy atom. The summed E-state index contributed by atoms with van der Waals surface area (Å²) in [6.07, 6.45) is 0. The van der Waals surface area contributed by atoms with Crippen LogP contribution < -0.4 is 5.32 Å². The summed E-state index contributed by atoms with van der Waals surface area (Å²) >= 11 is 13.2. The lowest BCUT2D eigenvalue weighted by Gasteiger charge is -2.12. The van der Waals surface area contributed by atoms with Crippen molar-refractivity contribution in [3.05, 3.63) is 56.2 Å². The van der Waals surface area contributed by atoms with E-state index >= 15 is 0 Å². The van der Waals surface area contributed by atoms with E-state index in [2.05, 4.69) is 5.32 Å². The van der Waals surface area contributed by atoms with Gasteiger partial charge in [0.25, 0.3) is 5.91 Å². The highest BCUT2D eigenvalue weighted by molar-refractivity contribution is 7.10. The van der Waals surface area contributed by atoms with E-state index in [0.29, 0.717) is 5.02 Å². The summed E-state index contributed by atoms with van der Waals surface area (Å²) in [6.45, 7) is 1.48. The van der Waals surface area contributed by atoms with Gasteiger partial charge in [-0.2, -0.15) is 0 Å². The molecule has 22 heavy (non-hydrogen) atoms. The zero-order valence-corrected chi connectivity index (χ0v) is 14.0. The molecule has 1 N–H and O–H groups in total. The number of hydrogen-bond donors (Lipinski definition) is 1. The minimum atomic E-state index is -0.688. The smallest absolute Gasteiger partial charge is 0.340 e. The summed E-state index contributed by atoms with van der Waals surface area (Å²) in [5.74, 6) is -1.07. The van der Waals surface area contributed by atoms with Crippen molar-refractivity contribution in [3.8, 4) is 0 Å². The number of hydrogen-bond acceptors (Lipinski definition) is 4. The van der Waals surface area contributed by atoms with E-state index in [1.165, 1.54) is 12.1 Å². The highest BCUT2D eigenvalue weighted by Crippen LogP contribution is 2.21. The predicted octanol–water partition coefficient (Wildman–Crippen LogP) is 4.09. The number of ether oxygens (including phenoxy) is 1. The fourth-order valence-corrected chi connectivity index (χ4v) is 2.86. The minimum absolute atomic E-state index is 0.133. The molecule has 1 heterocycles. The van der Waals surface area contributed by atoms with Crippen molar-refractivity contribution >= 4 is 46.4 Å². The van der Waals surface area contributed by atoms with Crippen LogP contribution in [0.4, 0.5) is 0 Å². The molecule has 0 fully saturated rings. The Bertz CT molecular complexity index is 673. The normalized spacial score (nSPS) is 11.8. The maximum Gasteiger partial charge on any atom is 0.340 e. The van der Waals surface area contributed by atoms with Crippen LogP contribution >= 0.6 is 34.5 Å². The van der Waals surface area contributed by atoms with Gasteiger partial charge in [0.05, 0.1) is 16.6 Å². The summed E-state index contributed by atoms with van der Waals surface area (Å²) in [6, 6.07) is 8.16. The standard InChI is InChI=1S/C15H13Cl2NO3S/c1-9(13-3-2-6-22-13)18-14(19)8-21-15(20)11-7-10(16)4-5-12(11)17/h2-7,9H,8H2,1H3,(H,18,19)/t9-/m0/s1. The SMILES string of the molecule is C[C@H](NC(=O)COC(=O)c1cc(Cl)ccc1Cl)c1cccs1. The molecule has 0 spiro atoms. The van der Waals surface area contributed by atoms with E-state index < -0.39 is 5.97 Å². The van der Waals surface area contributed by atoms with Crippen molar-refractivity contribution < 1.29 is 14.3 Å². The number of nitrogens with one attached hydrogen (secondary N) is 1. The van der Waals surface area contributed by atoms with E-state index in [0.717, 1.165) is 4.88 Å². The van der Waals surface area contributed by atoms with Gasteiger partial charge in [0, 0.05) is 9.90 Å².